The van der Waals surface area contributed by atoms with Crippen LogP contribution in [0, 0.1) is 6.92 Å². The van der Waals surface area contributed by atoms with Gasteiger partial charge in [-0.3, -0.25) is 0 Å². The molecule has 0 aliphatic carbocycles. The third-order valence-corrected chi connectivity index (χ3v) is 3.67. The molecule has 0 aliphatic heterocycles. The average molecular weight is 269 g/mol. The molecule has 0 saturated carbocycles. The molecule has 0 amide bonds. The van der Waals surface area contributed by atoms with Crippen molar-refractivity contribution in [2.24, 2.45) is 5.73 Å². The third-order valence-electron chi connectivity index (χ3n) is 3.67. The van der Waals surface area contributed by atoms with Crippen molar-refractivity contribution in [2.45, 2.75) is 33.1 Å². The lowest BCUT2D eigenvalue weighted by molar-refractivity contribution is 0.464. The molecule has 2 nitrogen and oxygen atoms in total. The number of rotatable bonds is 4. The van der Waals surface area contributed by atoms with Gasteiger partial charge in [0, 0.05) is 0 Å². The van der Waals surface area contributed by atoms with E-state index in [1.165, 1.54) is 16.7 Å². The number of phenolic OH excluding ortho intramolecular Hbond substituents is 1. The molecule has 2 aromatic rings. The fourth-order valence-electron chi connectivity index (χ4n) is 2.54. The predicted octanol–water partition coefficient (Wildman–Crippen LogP) is 3.99. The molecule has 0 heterocycles. The van der Waals surface area contributed by atoms with Gasteiger partial charge in [0.05, 0.1) is 0 Å². The largest absolute Gasteiger partial charge is 0.508 e. The molecule has 0 aromatic heterocycles. The van der Waals surface area contributed by atoms with E-state index in [0.717, 1.165) is 17.5 Å². The highest BCUT2D eigenvalue weighted by atomic mass is 16.3. The number of nitrogens with two attached hydrogens (primary N) is 1. The lowest BCUT2D eigenvalue weighted by atomic mass is 9.92. The second kappa shape index (κ2) is 6.10. The Bertz CT molecular complexity index is 602. The summed E-state index contributed by atoms with van der Waals surface area (Å²) in [4.78, 5) is 0. The van der Waals surface area contributed by atoms with Gasteiger partial charge in [0.25, 0.3) is 0 Å². The summed E-state index contributed by atoms with van der Waals surface area (Å²) in [5, 5.41) is 10.1. The van der Waals surface area contributed by atoms with Crippen molar-refractivity contribution < 1.29 is 5.11 Å². The van der Waals surface area contributed by atoms with E-state index in [2.05, 4.69) is 44.2 Å². The molecule has 0 radical (unpaired) electrons. The Balaban J connectivity index is 2.51. The summed E-state index contributed by atoms with van der Waals surface area (Å²) in [7, 11) is 0. The minimum Gasteiger partial charge on any atom is -0.508 e. The van der Waals surface area contributed by atoms with E-state index >= 15 is 0 Å². The fraction of sp³-hybridized carbons (Fsp3) is 0.333. The molecular weight excluding hydrogens is 246 g/mol. The normalized spacial score (nSPS) is 11.1. The predicted molar refractivity (Wildman–Crippen MR) is 85.1 cm³/mol. The Kier molecular flexibility index (Phi) is 4.46. The lowest BCUT2D eigenvalue weighted by Gasteiger charge is -2.14. The van der Waals surface area contributed by atoms with Crippen molar-refractivity contribution in [2.75, 3.05) is 6.54 Å². The lowest BCUT2D eigenvalue weighted by Crippen LogP contribution is -2.02. The van der Waals surface area contributed by atoms with Gasteiger partial charge in [-0.1, -0.05) is 38.1 Å². The number of benzene rings is 2. The van der Waals surface area contributed by atoms with Gasteiger partial charge in [-0.15, -0.1) is 0 Å². The summed E-state index contributed by atoms with van der Waals surface area (Å²) in [5.74, 6) is 0.695. The van der Waals surface area contributed by atoms with E-state index in [9.17, 15) is 5.11 Å². The van der Waals surface area contributed by atoms with Gasteiger partial charge in [-0.05, 0) is 65.8 Å². The first-order chi connectivity index (χ1) is 9.52. The van der Waals surface area contributed by atoms with Crippen molar-refractivity contribution in [3.63, 3.8) is 0 Å². The Labute approximate surface area is 121 Å². The molecule has 0 saturated heterocycles. The maximum Gasteiger partial charge on any atom is 0.119 e. The van der Waals surface area contributed by atoms with Crippen molar-refractivity contribution in [1.82, 2.24) is 0 Å². The SMILES string of the molecule is Cc1cc(O)c(C(C)C)cc1-c1cccc(CCN)c1. The van der Waals surface area contributed by atoms with E-state index < -0.39 is 0 Å². The second-order valence-electron chi connectivity index (χ2n) is 5.62. The smallest absolute Gasteiger partial charge is 0.119 e. The molecule has 2 heteroatoms. The van der Waals surface area contributed by atoms with Crippen LogP contribution < -0.4 is 5.73 Å². The molecule has 0 atom stereocenters. The van der Waals surface area contributed by atoms with E-state index in [4.69, 9.17) is 5.73 Å². The summed E-state index contributed by atoms with van der Waals surface area (Å²) in [6.45, 7) is 6.89. The van der Waals surface area contributed by atoms with Crippen LogP contribution in [0.5, 0.6) is 5.75 Å². The molecule has 0 bridgehead atoms. The highest BCUT2D eigenvalue weighted by molar-refractivity contribution is 5.70. The van der Waals surface area contributed by atoms with E-state index in [0.29, 0.717) is 18.2 Å². The van der Waals surface area contributed by atoms with Crippen LogP contribution in [0.1, 0.15) is 36.5 Å². The van der Waals surface area contributed by atoms with Crippen LogP contribution in [0.25, 0.3) is 11.1 Å². The summed E-state index contributed by atoms with van der Waals surface area (Å²) in [6, 6.07) is 12.5. The average Bonchev–Trinajstić information content (AvgIpc) is 2.39. The topological polar surface area (TPSA) is 46.2 Å². The van der Waals surface area contributed by atoms with Gasteiger partial charge < -0.3 is 10.8 Å². The zero-order valence-electron chi connectivity index (χ0n) is 12.5. The minimum atomic E-state index is 0.307. The van der Waals surface area contributed by atoms with Crippen LogP contribution in [0.15, 0.2) is 36.4 Å². The highest BCUT2D eigenvalue weighted by Crippen LogP contribution is 2.34. The van der Waals surface area contributed by atoms with Crippen molar-refractivity contribution in [3.8, 4) is 16.9 Å². The highest BCUT2D eigenvalue weighted by Gasteiger charge is 2.11. The Hall–Kier alpha value is -1.80. The van der Waals surface area contributed by atoms with E-state index in [1.54, 1.807) is 0 Å². The standard InChI is InChI=1S/C18H23NO/c1-12(2)16-11-17(13(3)9-18(16)20)15-6-4-5-14(10-15)7-8-19/h4-6,9-12,20H,7-8,19H2,1-3H3. The first-order valence-corrected chi connectivity index (χ1v) is 7.15. The Morgan fingerprint density at radius 2 is 1.90 bits per heavy atom. The number of aromatic hydroxyl groups is 1. The molecule has 0 spiro atoms. The van der Waals surface area contributed by atoms with Crippen LogP contribution in [0.2, 0.25) is 0 Å². The molecule has 0 unspecified atom stereocenters. The maximum absolute atomic E-state index is 10.1. The van der Waals surface area contributed by atoms with Crippen LogP contribution in [0.3, 0.4) is 0 Å². The van der Waals surface area contributed by atoms with Gasteiger partial charge in [-0.25, -0.2) is 0 Å². The van der Waals surface area contributed by atoms with Crippen molar-refractivity contribution in [3.05, 3.63) is 53.1 Å². The zero-order chi connectivity index (χ0) is 14.7. The van der Waals surface area contributed by atoms with Crippen molar-refractivity contribution >= 4 is 0 Å². The number of aryl methyl sites for hydroxylation is 1. The van der Waals surface area contributed by atoms with Crippen molar-refractivity contribution in [1.29, 1.82) is 0 Å². The number of hydrogen-bond donors (Lipinski definition) is 2. The fourth-order valence-corrected chi connectivity index (χ4v) is 2.54. The van der Waals surface area contributed by atoms with E-state index in [-0.39, 0.29) is 0 Å². The molecule has 3 N–H and O–H groups in total. The summed E-state index contributed by atoms with van der Waals surface area (Å²) in [5.41, 5.74) is 11.3. The van der Waals surface area contributed by atoms with Gasteiger partial charge in [0.1, 0.15) is 5.75 Å². The summed E-state index contributed by atoms with van der Waals surface area (Å²) >= 11 is 0. The first-order valence-electron chi connectivity index (χ1n) is 7.15. The van der Waals surface area contributed by atoms with Gasteiger partial charge in [0.2, 0.25) is 0 Å². The Morgan fingerprint density at radius 1 is 1.15 bits per heavy atom. The van der Waals surface area contributed by atoms with Crippen LogP contribution >= 0.6 is 0 Å². The monoisotopic (exact) mass is 269 g/mol. The van der Waals surface area contributed by atoms with E-state index in [1.807, 2.05) is 13.0 Å². The van der Waals surface area contributed by atoms with Gasteiger partial charge in [0.15, 0.2) is 0 Å². The maximum atomic E-state index is 10.1. The Morgan fingerprint density at radius 3 is 2.55 bits per heavy atom. The molecule has 2 rings (SSSR count). The molecule has 0 aliphatic rings. The quantitative estimate of drug-likeness (QED) is 0.881. The molecule has 0 fully saturated rings. The van der Waals surface area contributed by atoms with Gasteiger partial charge >= 0.3 is 0 Å². The first kappa shape index (κ1) is 14.6. The second-order valence-corrected chi connectivity index (χ2v) is 5.62. The third kappa shape index (κ3) is 3.02. The summed E-state index contributed by atoms with van der Waals surface area (Å²) in [6.07, 6.45) is 0.891. The summed E-state index contributed by atoms with van der Waals surface area (Å²) < 4.78 is 0. The number of phenols is 1. The van der Waals surface area contributed by atoms with Crippen LogP contribution in [0.4, 0.5) is 0 Å². The molecule has 106 valence electrons. The van der Waals surface area contributed by atoms with Gasteiger partial charge in [-0.2, -0.15) is 0 Å². The van der Waals surface area contributed by atoms with Crippen LogP contribution in [-0.4, -0.2) is 11.7 Å². The van der Waals surface area contributed by atoms with Crippen LogP contribution in [-0.2, 0) is 6.42 Å². The number of hydrogen-bond acceptors (Lipinski definition) is 2. The molecule has 20 heavy (non-hydrogen) atoms. The zero-order valence-corrected chi connectivity index (χ0v) is 12.5. The molecular formula is C18H23NO. The molecule has 2 aromatic carbocycles. The minimum absolute atomic E-state index is 0.307.